The van der Waals surface area contributed by atoms with Crippen LogP contribution in [0.15, 0.2) is 48.8 Å². The zero-order chi connectivity index (χ0) is 27.2. The fourth-order valence-electron chi connectivity index (χ4n) is 3.29. The van der Waals surface area contributed by atoms with Gasteiger partial charge in [0.15, 0.2) is 5.65 Å². The number of carbonyl (C=O) groups excluding carboxylic acids is 1. The van der Waals surface area contributed by atoms with Gasteiger partial charge in [-0.1, -0.05) is 31.0 Å². The third-order valence-electron chi connectivity index (χ3n) is 5.28. The molecule has 0 saturated heterocycles. The number of alkyl halides is 3. The molecule has 0 spiro atoms. The summed E-state index contributed by atoms with van der Waals surface area (Å²) in [5.41, 5.74) is 14.7. The second-order valence-electron chi connectivity index (χ2n) is 8.34. The average Bonchev–Trinajstić information content (AvgIpc) is 3.22. The van der Waals surface area contributed by atoms with Crippen molar-refractivity contribution in [2.45, 2.75) is 26.6 Å². The van der Waals surface area contributed by atoms with Crippen LogP contribution in [0.25, 0.3) is 11.0 Å². The number of benzene rings is 2. The number of aliphatic hydroxyl groups is 1. The van der Waals surface area contributed by atoms with E-state index in [4.69, 9.17) is 11.5 Å². The summed E-state index contributed by atoms with van der Waals surface area (Å²) in [6.07, 6.45) is -2.59. The Morgan fingerprint density at radius 3 is 2.57 bits per heavy atom. The van der Waals surface area contributed by atoms with Crippen molar-refractivity contribution in [2.75, 3.05) is 18.1 Å². The van der Waals surface area contributed by atoms with Gasteiger partial charge in [-0.15, -0.1) is 0 Å². The van der Waals surface area contributed by atoms with Crippen molar-refractivity contribution in [2.24, 2.45) is 5.92 Å². The zero-order valence-corrected chi connectivity index (χ0v) is 20.1. The molecule has 0 amide bonds. The fourth-order valence-corrected chi connectivity index (χ4v) is 3.29. The summed E-state index contributed by atoms with van der Waals surface area (Å²) in [5, 5.41) is 14.4. The molecule has 2 heterocycles. The average molecular weight is 511 g/mol. The first-order valence-corrected chi connectivity index (χ1v) is 11.1. The maximum atomic E-state index is 12.0. The molecule has 0 aliphatic carbocycles. The molecule has 8 nitrogen and oxygen atoms in total. The van der Waals surface area contributed by atoms with Gasteiger partial charge in [-0.05, 0) is 48.6 Å². The Hall–Kier alpha value is -4.43. The number of nitrogens with zero attached hydrogens (tertiary/aromatic N) is 4. The molecule has 0 unspecified atom stereocenters. The lowest BCUT2D eigenvalue weighted by molar-refractivity contribution is -0.137. The van der Waals surface area contributed by atoms with Crippen LogP contribution in [0.2, 0.25) is 0 Å². The van der Waals surface area contributed by atoms with Crippen molar-refractivity contribution >= 4 is 28.8 Å². The van der Waals surface area contributed by atoms with E-state index in [1.54, 1.807) is 4.68 Å². The molecule has 0 saturated carbocycles. The van der Waals surface area contributed by atoms with E-state index in [-0.39, 0.29) is 18.1 Å². The highest BCUT2D eigenvalue weighted by Gasteiger charge is 2.30. The number of hydrogen-bond acceptors (Lipinski definition) is 7. The Kier molecular flexibility index (Phi) is 8.47. The van der Waals surface area contributed by atoms with E-state index in [9.17, 15) is 23.1 Å². The Morgan fingerprint density at radius 1 is 1.14 bits per heavy atom. The molecular weight excluding hydrogens is 485 g/mol. The predicted octanol–water partition coefficient (Wildman–Crippen LogP) is 3.85. The predicted molar refractivity (Wildman–Crippen MR) is 134 cm³/mol. The maximum absolute atomic E-state index is 12.0. The van der Waals surface area contributed by atoms with Crippen molar-refractivity contribution in [1.29, 1.82) is 0 Å². The quantitative estimate of drug-likeness (QED) is 0.216. The van der Waals surface area contributed by atoms with Gasteiger partial charge in [-0.25, -0.2) is 14.6 Å². The van der Waals surface area contributed by atoms with Gasteiger partial charge < -0.3 is 16.6 Å². The first kappa shape index (κ1) is 27.2. The molecule has 11 heteroatoms. The zero-order valence-electron chi connectivity index (χ0n) is 20.1. The highest BCUT2D eigenvalue weighted by molar-refractivity contribution is 5.90. The van der Waals surface area contributed by atoms with E-state index >= 15 is 0 Å². The Bertz CT molecular complexity index is 1470. The van der Waals surface area contributed by atoms with E-state index in [1.807, 2.05) is 32.0 Å². The third-order valence-corrected chi connectivity index (χ3v) is 5.28. The maximum Gasteiger partial charge on any atom is 0.416 e. The number of aromatic nitrogens is 4. The molecule has 0 fully saturated rings. The van der Waals surface area contributed by atoms with E-state index in [2.05, 4.69) is 26.9 Å². The topological polar surface area (TPSA) is 133 Å². The number of fused-ring (bicyclic) bond motifs is 1. The van der Waals surface area contributed by atoms with Gasteiger partial charge in [0.05, 0.1) is 10.9 Å². The molecule has 0 bridgehead atoms. The van der Waals surface area contributed by atoms with Crippen molar-refractivity contribution in [3.05, 3.63) is 76.7 Å². The number of nitrogen functional groups attached to an aromatic ring is 2. The highest BCUT2D eigenvalue weighted by Crippen LogP contribution is 2.29. The van der Waals surface area contributed by atoms with Gasteiger partial charge in [0.25, 0.3) is 0 Å². The summed E-state index contributed by atoms with van der Waals surface area (Å²) in [6.45, 7) is 4.48. The van der Waals surface area contributed by atoms with Crippen LogP contribution in [0.3, 0.4) is 0 Å². The molecule has 5 N–H and O–H groups in total. The summed E-state index contributed by atoms with van der Waals surface area (Å²) in [4.78, 5) is 18.4. The Morgan fingerprint density at radius 2 is 1.89 bits per heavy atom. The number of aliphatic hydroxyl groups excluding tert-OH is 1. The molecule has 4 rings (SSSR count). The van der Waals surface area contributed by atoms with E-state index in [0.29, 0.717) is 41.1 Å². The molecule has 37 heavy (non-hydrogen) atoms. The first-order valence-electron chi connectivity index (χ1n) is 11.1. The van der Waals surface area contributed by atoms with E-state index < -0.39 is 11.7 Å². The lowest BCUT2D eigenvalue weighted by Gasteiger charge is -2.07. The molecule has 0 aliphatic rings. The normalized spacial score (nSPS) is 11.7. The Labute approximate surface area is 211 Å². The molecule has 2 aromatic heterocycles. The summed E-state index contributed by atoms with van der Waals surface area (Å²) < 4.78 is 37.7. The number of halogens is 3. The minimum absolute atomic E-state index is 0.0322. The summed E-state index contributed by atoms with van der Waals surface area (Å²) in [5.74, 6) is 6.54. The van der Waals surface area contributed by atoms with Gasteiger partial charge in [0, 0.05) is 30.0 Å². The SMILES string of the molecule is Cc1ccc(N)cc1C#Cc1nn(C[C@H](C)CO)c2ncnc(N)c12.O=Cc1cccc(C(F)(F)F)c1. The van der Waals surface area contributed by atoms with E-state index in [1.165, 1.54) is 18.5 Å². The molecular formula is C26H25F3N6O2. The van der Waals surface area contributed by atoms with Gasteiger partial charge in [0.2, 0.25) is 0 Å². The van der Waals surface area contributed by atoms with Crippen LogP contribution in [0.5, 0.6) is 0 Å². The van der Waals surface area contributed by atoms with Gasteiger partial charge in [-0.2, -0.15) is 18.3 Å². The fraction of sp³-hybridized carbons (Fsp3) is 0.231. The standard InChI is InChI=1S/C18H20N6O.C8H5F3O/c1-11(9-25)8-24-18-16(17(20)21-10-22-18)15(23-24)6-4-13-7-14(19)5-3-12(13)2;9-8(10,11)7-3-1-2-6(4-7)5-12/h3,5,7,10-11,25H,8-9,19H2,1-2H3,(H2,20,21,22);1-5H/t11-;/m0./s1. The Balaban J connectivity index is 0.000000266. The number of carbonyl (C=O) groups is 1. The first-order chi connectivity index (χ1) is 17.5. The number of hydrogen-bond donors (Lipinski definition) is 3. The van der Waals surface area contributed by atoms with Crippen LogP contribution in [-0.4, -0.2) is 37.7 Å². The number of nitrogens with two attached hydrogens (primary N) is 2. The highest BCUT2D eigenvalue weighted by atomic mass is 19.4. The van der Waals surface area contributed by atoms with Gasteiger partial charge in [-0.3, -0.25) is 4.79 Å². The van der Waals surface area contributed by atoms with Crippen molar-refractivity contribution in [3.63, 3.8) is 0 Å². The summed E-state index contributed by atoms with van der Waals surface area (Å²) >= 11 is 0. The van der Waals surface area contributed by atoms with Crippen LogP contribution in [-0.2, 0) is 12.7 Å². The number of anilines is 2. The summed E-state index contributed by atoms with van der Waals surface area (Å²) in [6, 6.07) is 9.85. The van der Waals surface area contributed by atoms with Crippen molar-refractivity contribution in [1.82, 2.24) is 19.7 Å². The second-order valence-corrected chi connectivity index (χ2v) is 8.34. The monoisotopic (exact) mass is 510 g/mol. The lowest BCUT2D eigenvalue weighted by atomic mass is 10.1. The third kappa shape index (κ3) is 6.83. The molecule has 0 aliphatic heterocycles. The minimum Gasteiger partial charge on any atom is -0.399 e. The molecule has 192 valence electrons. The number of aldehydes is 1. The lowest BCUT2D eigenvalue weighted by Crippen LogP contribution is -2.12. The summed E-state index contributed by atoms with van der Waals surface area (Å²) in [7, 11) is 0. The minimum atomic E-state index is -4.38. The van der Waals surface area contributed by atoms with Crippen LogP contribution in [0, 0.1) is 24.7 Å². The van der Waals surface area contributed by atoms with Crippen LogP contribution >= 0.6 is 0 Å². The van der Waals surface area contributed by atoms with Crippen molar-refractivity contribution < 1.29 is 23.1 Å². The molecule has 0 radical (unpaired) electrons. The number of aryl methyl sites for hydroxylation is 1. The molecule has 4 aromatic rings. The second kappa shape index (κ2) is 11.5. The van der Waals surface area contributed by atoms with E-state index in [0.717, 1.165) is 23.3 Å². The van der Waals surface area contributed by atoms with Crippen molar-refractivity contribution in [3.8, 4) is 11.8 Å². The van der Waals surface area contributed by atoms with Crippen LogP contribution in [0.4, 0.5) is 24.7 Å². The largest absolute Gasteiger partial charge is 0.416 e. The van der Waals surface area contributed by atoms with Crippen LogP contribution < -0.4 is 11.5 Å². The van der Waals surface area contributed by atoms with Gasteiger partial charge in [0.1, 0.15) is 24.1 Å². The smallest absolute Gasteiger partial charge is 0.399 e. The number of rotatable bonds is 4. The molecule has 2 aromatic carbocycles. The molecule has 1 atom stereocenters. The van der Waals surface area contributed by atoms with Gasteiger partial charge >= 0.3 is 6.18 Å². The van der Waals surface area contributed by atoms with Crippen LogP contribution in [0.1, 0.15) is 39.7 Å².